The van der Waals surface area contributed by atoms with E-state index in [9.17, 15) is 0 Å². The Labute approximate surface area is 69.2 Å². The third-order valence-corrected chi connectivity index (χ3v) is 2.66. The fourth-order valence-electron chi connectivity index (χ4n) is 2.21. The quantitative estimate of drug-likeness (QED) is 0.652. The summed E-state index contributed by atoms with van der Waals surface area (Å²) in [6.45, 7) is 6.97. The van der Waals surface area contributed by atoms with Crippen molar-refractivity contribution < 1.29 is 5.11 Å². The van der Waals surface area contributed by atoms with Crippen molar-refractivity contribution in [3.8, 4) is 0 Å². The third-order valence-electron chi connectivity index (χ3n) is 2.66. The van der Waals surface area contributed by atoms with Crippen LogP contribution in [0, 0.1) is 0 Å². The lowest BCUT2D eigenvalue weighted by Crippen LogP contribution is -2.41. The van der Waals surface area contributed by atoms with Crippen molar-refractivity contribution in [1.29, 1.82) is 0 Å². The van der Waals surface area contributed by atoms with Crippen molar-refractivity contribution >= 4 is 0 Å². The van der Waals surface area contributed by atoms with E-state index in [4.69, 9.17) is 5.11 Å². The lowest BCUT2D eigenvalue weighted by molar-refractivity contribution is 0.105. The van der Waals surface area contributed by atoms with E-state index in [1.54, 1.807) is 0 Å². The maximum Gasteiger partial charge on any atom is 0.0587 e. The van der Waals surface area contributed by atoms with E-state index >= 15 is 0 Å². The number of hydrogen-bond donors (Lipinski definition) is 1. The fourth-order valence-corrected chi connectivity index (χ4v) is 2.21. The Balaban J connectivity index is 2.56. The summed E-state index contributed by atoms with van der Waals surface area (Å²) in [5.74, 6) is 0. The number of likely N-dealkylation sites (tertiary alicyclic amines) is 1. The van der Waals surface area contributed by atoms with Gasteiger partial charge in [-0.2, -0.15) is 0 Å². The van der Waals surface area contributed by atoms with E-state index in [1.807, 2.05) is 0 Å². The van der Waals surface area contributed by atoms with Crippen LogP contribution in [0.4, 0.5) is 0 Å². The molecule has 0 radical (unpaired) electrons. The molecule has 0 aromatic rings. The molecule has 1 fully saturated rings. The van der Waals surface area contributed by atoms with Crippen molar-refractivity contribution in [3.63, 3.8) is 0 Å². The molecule has 0 aliphatic carbocycles. The molecule has 1 aliphatic heterocycles. The molecule has 0 aromatic carbocycles. The molecule has 0 saturated carbocycles. The molecule has 11 heavy (non-hydrogen) atoms. The van der Waals surface area contributed by atoms with Crippen molar-refractivity contribution in [2.45, 2.75) is 51.7 Å². The predicted molar refractivity (Wildman–Crippen MR) is 46.5 cm³/mol. The van der Waals surface area contributed by atoms with E-state index < -0.39 is 0 Å². The van der Waals surface area contributed by atoms with Gasteiger partial charge in [0.05, 0.1) is 6.61 Å². The van der Waals surface area contributed by atoms with Crippen molar-refractivity contribution in [2.24, 2.45) is 0 Å². The lowest BCUT2D eigenvalue weighted by atomic mass is 10.2. The van der Waals surface area contributed by atoms with Crippen LogP contribution in [-0.4, -0.2) is 34.7 Å². The smallest absolute Gasteiger partial charge is 0.0587 e. The minimum Gasteiger partial charge on any atom is -0.395 e. The summed E-state index contributed by atoms with van der Waals surface area (Å²) in [7, 11) is 0. The zero-order valence-corrected chi connectivity index (χ0v) is 7.75. The zero-order valence-electron chi connectivity index (χ0n) is 7.75. The van der Waals surface area contributed by atoms with Gasteiger partial charge in [-0.3, -0.25) is 4.90 Å². The van der Waals surface area contributed by atoms with Gasteiger partial charge in [-0.05, 0) is 33.6 Å². The average molecular weight is 157 g/mol. The second kappa shape index (κ2) is 3.55. The first-order chi connectivity index (χ1) is 5.16. The Morgan fingerprint density at radius 1 is 1.45 bits per heavy atom. The SMILES string of the molecule is CC(C)N1C(C)CCC1CO. The molecule has 1 aliphatic rings. The molecule has 1 N–H and O–H groups in total. The number of aliphatic hydroxyl groups is 1. The zero-order chi connectivity index (χ0) is 8.43. The highest BCUT2D eigenvalue weighted by Gasteiger charge is 2.31. The predicted octanol–water partition coefficient (Wildman–Crippen LogP) is 1.24. The van der Waals surface area contributed by atoms with Gasteiger partial charge in [-0.15, -0.1) is 0 Å². The standard InChI is InChI=1S/C9H19NO/c1-7(2)10-8(3)4-5-9(10)6-11/h7-9,11H,4-6H2,1-3H3. The van der Waals surface area contributed by atoms with Gasteiger partial charge in [0.25, 0.3) is 0 Å². The monoisotopic (exact) mass is 157 g/mol. The van der Waals surface area contributed by atoms with E-state index in [0.717, 1.165) is 6.42 Å². The van der Waals surface area contributed by atoms with Crippen LogP contribution in [0.5, 0.6) is 0 Å². The largest absolute Gasteiger partial charge is 0.395 e. The maximum atomic E-state index is 9.06. The van der Waals surface area contributed by atoms with Crippen molar-refractivity contribution in [2.75, 3.05) is 6.61 Å². The minimum absolute atomic E-state index is 0.322. The molecule has 2 nitrogen and oxygen atoms in total. The van der Waals surface area contributed by atoms with Crippen LogP contribution < -0.4 is 0 Å². The highest BCUT2D eigenvalue weighted by molar-refractivity contribution is 4.86. The first-order valence-electron chi connectivity index (χ1n) is 4.55. The maximum absolute atomic E-state index is 9.06. The highest BCUT2D eigenvalue weighted by Crippen LogP contribution is 2.25. The van der Waals surface area contributed by atoms with Crippen LogP contribution >= 0.6 is 0 Å². The van der Waals surface area contributed by atoms with Gasteiger partial charge in [-0.1, -0.05) is 0 Å². The molecule has 0 bridgehead atoms. The van der Waals surface area contributed by atoms with Crippen molar-refractivity contribution in [1.82, 2.24) is 4.90 Å². The summed E-state index contributed by atoms with van der Waals surface area (Å²) in [5.41, 5.74) is 0. The number of hydrogen-bond acceptors (Lipinski definition) is 2. The van der Waals surface area contributed by atoms with Gasteiger partial charge in [0.2, 0.25) is 0 Å². The van der Waals surface area contributed by atoms with Gasteiger partial charge in [0.15, 0.2) is 0 Å². The Bertz CT molecular complexity index is 125. The third kappa shape index (κ3) is 1.74. The Kier molecular flexibility index (Phi) is 2.90. The molecule has 2 atom stereocenters. The molecular formula is C9H19NO. The minimum atomic E-state index is 0.322. The van der Waals surface area contributed by atoms with Crippen LogP contribution in [0.2, 0.25) is 0 Å². The molecule has 2 heteroatoms. The molecule has 0 amide bonds. The number of aliphatic hydroxyl groups excluding tert-OH is 1. The molecule has 66 valence electrons. The van der Waals surface area contributed by atoms with Crippen LogP contribution in [0.25, 0.3) is 0 Å². The molecular weight excluding hydrogens is 138 g/mol. The van der Waals surface area contributed by atoms with E-state index in [-0.39, 0.29) is 0 Å². The van der Waals surface area contributed by atoms with E-state index in [2.05, 4.69) is 25.7 Å². The summed E-state index contributed by atoms with van der Waals surface area (Å²) in [6, 6.07) is 1.65. The first kappa shape index (κ1) is 9.01. The van der Waals surface area contributed by atoms with E-state index in [1.165, 1.54) is 6.42 Å². The fraction of sp³-hybridized carbons (Fsp3) is 1.00. The normalized spacial score (nSPS) is 33.5. The van der Waals surface area contributed by atoms with Crippen LogP contribution in [0.15, 0.2) is 0 Å². The summed E-state index contributed by atoms with van der Waals surface area (Å²) in [6.07, 6.45) is 2.40. The highest BCUT2D eigenvalue weighted by atomic mass is 16.3. The summed E-state index contributed by atoms with van der Waals surface area (Å²) >= 11 is 0. The molecule has 1 heterocycles. The Morgan fingerprint density at radius 2 is 2.09 bits per heavy atom. The van der Waals surface area contributed by atoms with Gasteiger partial charge in [-0.25, -0.2) is 0 Å². The number of nitrogens with zero attached hydrogens (tertiary/aromatic N) is 1. The van der Waals surface area contributed by atoms with Gasteiger partial charge < -0.3 is 5.11 Å². The second-order valence-corrected chi connectivity index (χ2v) is 3.80. The Hall–Kier alpha value is -0.0800. The summed E-state index contributed by atoms with van der Waals surface area (Å²) in [4.78, 5) is 2.42. The Morgan fingerprint density at radius 3 is 2.45 bits per heavy atom. The van der Waals surface area contributed by atoms with Gasteiger partial charge in [0.1, 0.15) is 0 Å². The van der Waals surface area contributed by atoms with Crippen LogP contribution in [0.3, 0.4) is 0 Å². The van der Waals surface area contributed by atoms with Crippen LogP contribution in [0.1, 0.15) is 33.6 Å². The number of rotatable bonds is 2. The molecule has 1 saturated heterocycles. The summed E-state index contributed by atoms with van der Waals surface area (Å²) < 4.78 is 0. The van der Waals surface area contributed by atoms with E-state index in [0.29, 0.717) is 24.7 Å². The summed E-state index contributed by atoms with van der Waals surface area (Å²) in [5, 5.41) is 9.06. The second-order valence-electron chi connectivity index (χ2n) is 3.80. The molecule has 0 aromatic heterocycles. The first-order valence-corrected chi connectivity index (χ1v) is 4.55. The molecule has 1 rings (SSSR count). The van der Waals surface area contributed by atoms with Crippen LogP contribution in [-0.2, 0) is 0 Å². The van der Waals surface area contributed by atoms with Gasteiger partial charge >= 0.3 is 0 Å². The lowest BCUT2D eigenvalue weighted by Gasteiger charge is -2.30. The van der Waals surface area contributed by atoms with Crippen molar-refractivity contribution in [3.05, 3.63) is 0 Å². The topological polar surface area (TPSA) is 23.5 Å². The average Bonchev–Trinajstić information content (AvgIpc) is 2.30. The molecule has 2 unspecified atom stereocenters. The van der Waals surface area contributed by atoms with Gasteiger partial charge in [0, 0.05) is 18.1 Å². The molecule has 0 spiro atoms.